The molecule has 0 radical (unpaired) electrons. The van der Waals surface area contributed by atoms with Gasteiger partial charge in [-0.25, -0.2) is 4.39 Å². The van der Waals surface area contributed by atoms with Crippen molar-refractivity contribution in [3.63, 3.8) is 0 Å². The summed E-state index contributed by atoms with van der Waals surface area (Å²) in [5.74, 6) is -1.06. The van der Waals surface area contributed by atoms with E-state index in [9.17, 15) is 9.50 Å². The molecule has 1 aliphatic heterocycles. The first kappa shape index (κ1) is 10.7. The molecular formula is C10H11ClFNO2. The topological polar surface area (TPSA) is 41.5 Å². The molecule has 0 aliphatic carbocycles. The predicted molar refractivity (Wildman–Crippen MR) is 54.6 cm³/mol. The van der Waals surface area contributed by atoms with Crippen molar-refractivity contribution in [1.82, 2.24) is 5.32 Å². The molecule has 0 amide bonds. The van der Waals surface area contributed by atoms with Crippen LogP contribution in [-0.2, 0) is 4.74 Å². The molecule has 1 aliphatic rings. The van der Waals surface area contributed by atoms with Crippen LogP contribution in [0.1, 0.15) is 11.6 Å². The lowest BCUT2D eigenvalue weighted by molar-refractivity contribution is 0.0759. The van der Waals surface area contributed by atoms with Crippen molar-refractivity contribution in [3.05, 3.63) is 28.5 Å². The van der Waals surface area contributed by atoms with Crippen molar-refractivity contribution in [3.8, 4) is 5.75 Å². The van der Waals surface area contributed by atoms with E-state index in [0.29, 0.717) is 30.3 Å². The number of aromatic hydroxyl groups is 1. The zero-order chi connectivity index (χ0) is 10.8. The first-order valence-corrected chi connectivity index (χ1v) is 5.06. The quantitative estimate of drug-likeness (QED) is 0.775. The molecule has 82 valence electrons. The molecule has 3 nitrogen and oxygen atoms in total. The first-order valence-electron chi connectivity index (χ1n) is 4.68. The molecule has 1 heterocycles. The average molecular weight is 232 g/mol. The Morgan fingerprint density at radius 3 is 3.00 bits per heavy atom. The van der Waals surface area contributed by atoms with Gasteiger partial charge in [0.2, 0.25) is 0 Å². The van der Waals surface area contributed by atoms with Gasteiger partial charge in [-0.1, -0.05) is 11.6 Å². The highest BCUT2D eigenvalue weighted by atomic mass is 35.5. The summed E-state index contributed by atoms with van der Waals surface area (Å²) in [6.07, 6.45) is 0. The lowest BCUT2D eigenvalue weighted by Crippen LogP contribution is -2.34. The van der Waals surface area contributed by atoms with Crippen molar-refractivity contribution in [2.45, 2.75) is 6.04 Å². The largest absolute Gasteiger partial charge is 0.505 e. The van der Waals surface area contributed by atoms with Gasteiger partial charge in [-0.15, -0.1) is 0 Å². The van der Waals surface area contributed by atoms with E-state index in [1.165, 1.54) is 6.07 Å². The normalized spacial score (nSPS) is 21.6. The third-order valence-corrected chi connectivity index (χ3v) is 2.71. The molecule has 2 N–H and O–H groups in total. The van der Waals surface area contributed by atoms with Gasteiger partial charge in [0, 0.05) is 17.1 Å². The molecule has 15 heavy (non-hydrogen) atoms. The number of ether oxygens (including phenoxy) is 1. The van der Waals surface area contributed by atoms with E-state index in [2.05, 4.69) is 5.32 Å². The number of nitrogens with one attached hydrogen (secondary N) is 1. The maximum absolute atomic E-state index is 13.1. The summed E-state index contributed by atoms with van der Waals surface area (Å²) in [6, 6.07) is 2.33. The minimum absolute atomic E-state index is 0.248. The second kappa shape index (κ2) is 4.35. The Morgan fingerprint density at radius 2 is 2.33 bits per heavy atom. The predicted octanol–water partition coefficient (Wildman–Crippen LogP) is 1.85. The molecule has 0 saturated carbocycles. The lowest BCUT2D eigenvalue weighted by atomic mass is 10.1. The number of benzene rings is 1. The summed E-state index contributed by atoms with van der Waals surface area (Å²) < 4.78 is 18.4. The average Bonchev–Trinajstić information content (AvgIpc) is 2.26. The van der Waals surface area contributed by atoms with E-state index in [-0.39, 0.29) is 6.04 Å². The number of morpholine rings is 1. The fourth-order valence-corrected chi connectivity index (χ4v) is 1.92. The Balaban J connectivity index is 2.36. The molecule has 1 aromatic carbocycles. The molecule has 0 bridgehead atoms. The third-order valence-electron chi connectivity index (χ3n) is 2.38. The second-order valence-electron chi connectivity index (χ2n) is 3.37. The number of phenols is 1. The Labute approximate surface area is 91.8 Å². The fourth-order valence-electron chi connectivity index (χ4n) is 1.64. The SMILES string of the molecule is Oc1c(F)ccc(Cl)c1[C@H]1COCCN1. The van der Waals surface area contributed by atoms with Gasteiger partial charge in [-0.2, -0.15) is 0 Å². The molecule has 1 atom stereocenters. The van der Waals surface area contributed by atoms with E-state index < -0.39 is 11.6 Å². The van der Waals surface area contributed by atoms with Crippen molar-refractivity contribution in [1.29, 1.82) is 0 Å². The maximum atomic E-state index is 13.1. The van der Waals surface area contributed by atoms with Gasteiger partial charge in [0.15, 0.2) is 11.6 Å². The Morgan fingerprint density at radius 1 is 1.53 bits per heavy atom. The number of hydrogen-bond donors (Lipinski definition) is 2. The van der Waals surface area contributed by atoms with Crippen LogP contribution in [-0.4, -0.2) is 24.9 Å². The minimum atomic E-state index is -0.665. The zero-order valence-corrected chi connectivity index (χ0v) is 8.72. The third kappa shape index (κ3) is 2.07. The standard InChI is InChI=1S/C10H11ClFNO2/c11-6-1-2-7(12)10(14)9(6)8-5-15-4-3-13-8/h1-2,8,13-14H,3-5H2/t8-/m1/s1. The summed E-state index contributed by atoms with van der Waals surface area (Å²) in [4.78, 5) is 0. The molecule has 0 aromatic heterocycles. The maximum Gasteiger partial charge on any atom is 0.165 e. The number of hydrogen-bond acceptors (Lipinski definition) is 3. The highest BCUT2D eigenvalue weighted by Crippen LogP contribution is 2.34. The molecule has 5 heteroatoms. The highest BCUT2D eigenvalue weighted by Gasteiger charge is 2.23. The van der Waals surface area contributed by atoms with E-state index in [1.807, 2.05) is 0 Å². The van der Waals surface area contributed by atoms with Crippen LogP contribution in [0.3, 0.4) is 0 Å². The van der Waals surface area contributed by atoms with Crippen LogP contribution in [0.2, 0.25) is 5.02 Å². The van der Waals surface area contributed by atoms with E-state index in [1.54, 1.807) is 0 Å². The van der Waals surface area contributed by atoms with E-state index >= 15 is 0 Å². The Hall–Kier alpha value is -0.840. The van der Waals surface area contributed by atoms with Crippen LogP contribution in [0.4, 0.5) is 4.39 Å². The van der Waals surface area contributed by atoms with Crippen molar-refractivity contribution >= 4 is 11.6 Å². The van der Waals surface area contributed by atoms with Gasteiger partial charge in [0.05, 0.1) is 19.3 Å². The summed E-state index contributed by atoms with van der Waals surface area (Å²) in [7, 11) is 0. The van der Waals surface area contributed by atoms with Crippen LogP contribution in [0.25, 0.3) is 0 Å². The van der Waals surface area contributed by atoms with Crippen LogP contribution in [0.15, 0.2) is 12.1 Å². The van der Waals surface area contributed by atoms with Crippen LogP contribution in [0.5, 0.6) is 5.75 Å². The van der Waals surface area contributed by atoms with Gasteiger partial charge in [-0.05, 0) is 12.1 Å². The smallest absolute Gasteiger partial charge is 0.165 e. The molecule has 0 spiro atoms. The van der Waals surface area contributed by atoms with Crippen molar-refractivity contribution < 1.29 is 14.2 Å². The second-order valence-corrected chi connectivity index (χ2v) is 3.78. The monoisotopic (exact) mass is 231 g/mol. The number of halogens is 2. The number of rotatable bonds is 1. The molecular weight excluding hydrogens is 221 g/mol. The van der Waals surface area contributed by atoms with E-state index in [4.69, 9.17) is 16.3 Å². The molecule has 1 saturated heterocycles. The molecule has 1 fully saturated rings. The lowest BCUT2D eigenvalue weighted by Gasteiger charge is -2.25. The first-order chi connectivity index (χ1) is 7.20. The summed E-state index contributed by atoms with van der Waals surface area (Å²) in [5, 5.41) is 13.0. The van der Waals surface area contributed by atoms with Crippen molar-refractivity contribution in [2.75, 3.05) is 19.8 Å². The zero-order valence-electron chi connectivity index (χ0n) is 7.96. The van der Waals surface area contributed by atoms with E-state index in [0.717, 1.165) is 6.07 Å². The molecule has 1 aromatic rings. The Bertz CT molecular complexity index is 367. The Kier molecular flexibility index (Phi) is 3.09. The van der Waals surface area contributed by atoms with Crippen LogP contribution >= 0.6 is 11.6 Å². The van der Waals surface area contributed by atoms with Crippen molar-refractivity contribution in [2.24, 2.45) is 0 Å². The fraction of sp³-hybridized carbons (Fsp3) is 0.400. The molecule has 0 unspecified atom stereocenters. The van der Waals surface area contributed by atoms with Crippen LogP contribution < -0.4 is 5.32 Å². The summed E-state index contributed by atoms with van der Waals surface area (Å²) in [5.41, 5.74) is 0.372. The highest BCUT2D eigenvalue weighted by molar-refractivity contribution is 6.31. The van der Waals surface area contributed by atoms with Gasteiger partial charge in [0.1, 0.15) is 0 Å². The minimum Gasteiger partial charge on any atom is -0.505 e. The summed E-state index contributed by atoms with van der Waals surface area (Å²) in [6.45, 7) is 1.66. The van der Waals surface area contributed by atoms with Gasteiger partial charge in [0.25, 0.3) is 0 Å². The number of phenolic OH excluding ortho intramolecular Hbond substituents is 1. The van der Waals surface area contributed by atoms with Gasteiger partial charge in [-0.3, -0.25) is 0 Å². The van der Waals surface area contributed by atoms with Gasteiger partial charge >= 0.3 is 0 Å². The van der Waals surface area contributed by atoms with Crippen LogP contribution in [0, 0.1) is 5.82 Å². The molecule has 2 rings (SSSR count). The van der Waals surface area contributed by atoms with Gasteiger partial charge < -0.3 is 15.2 Å². The summed E-state index contributed by atoms with van der Waals surface area (Å²) >= 11 is 5.91.